The van der Waals surface area contributed by atoms with E-state index in [9.17, 15) is 4.79 Å². The Kier molecular flexibility index (Phi) is 4.78. The van der Waals surface area contributed by atoms with Gasteiger partial charge in [-0.25, -0.2) is 0 Å². The van der Waals surface area contributed by atoms with Gasteiger partial charge >= 0.3 is 5.97 Å². The molecule has 0 fully saturated rings. The molecule has 2 N–H and O–H groups in total. The molecule has 0 spiro atoms. The van der Waals surface area contributed by atoms with Gasteiger partial charge < -0.3 is 10.5 Å². The predicted molar refractivity (Wildman–Crippen MR) is 62.1 cm³/mol. The van der Waals surface area contributed by atoms with Gasteiger partial charge in [0.15, 0.2) is 0 Å². The molecule has 1 unspecified atom stereocenters. The van der Waals surface area contributed by atoms with Gasteiger partial charge in [-0.3, -0.25) is 4.79 Å². The first-order chi connectivity index (χ1) is 7.22. The molecule has 1 rings (SSSR count). The molecule has 0 amide bonds. The van der Waals surface area contributed by atoms with Crippen LogP contribution in [0.25, 0.3) is 0 Å². The number of esters is 1. The first-order valence-electron chi connectivity index (χ1n) is 5.06. The average Bonchev–Trinajstić information content (AvgIpc) is 2.73. The summed E-state index contributed by atoms with van der Waals surface area (Å²) in [6, 6.07) is 2.10. The van der Waals surface area contributed by atoms with E-state index in [4.69, 9.17) is 5.73 Å². The number of aryl methyl sites for hydroxylation is 1. The van der Waals surface area contributed by atoms with Crippen LogP contribution in [0.3, 0.4) is 0 Å². The van der Waals surface area contributed by atoms with E-state index >= 15 is 0 Å². The van der Waals surface area contributed by atoms with Gasteiger partial charge in [0.1, 0.15) is 0 Å². The fourth-order valence-electron chi connectivity index (χ4n) is 1.57. The van der Waals surface area contributed by atoms with Gasteiger partial charge in [0.05, 0.1) is 13.5 Å². The minimum Gasteiger partial charge on any atom is -0.469 e. The molecular formula is C11H17NO2S. The van der Waals surface area contributed by atoms with E-state index < -0.39 is 0 Å². The lowest BCUT2D eigenvalue weighted by atomic mass is 9.99. The van der Waals surface area contributed by atoms with Crippen LogP contribution in [0.5, 0.6) is 0 Å². The van der Waals surface area contributed by atoms with Crippen LogP contribution < -0.4 is 5.73 Å². The SMILES string of the molecule is CCc1ccsc1C(CN)CC(=O)OC. The highest BCUT2D eigenvalue weighted by molar-refractivity contribution is 7.10. The molecule has 1 aromatic rings. The molecule has 0 aliphatic carbocycles. The molecule has 84 valence electrons. The summed E-state index contributed by atoms with van der Waals surface area (Å²) in [4.78, 5) is 12.4. The van der Waals surface area contributed by atoms with Crippen LogP contribution in [-0.4, -0.2) is 19.6 Å². The van der Waals surface area contributed by atoms with Crippen molar-refractivity contribution < 1.29 is 9.53 Å². The van der Waals surface area contributed by atoms with E-state index in [1.54, 1.807) is 11.3 Å². The van der Waals surface area contributed by atoms with Gasteiger partial charge in [-0.2, -0.15) is 0 Å². The van der Waals surface area contributed by atoms with Crippen LogP contribution >= 0.6 is 11.3 Å². The van der Waals surface area contributed by atoms with Gasteiger partial charge in [0, 0.05) is 17.3 Å². The zero-order chi connectivity index (χ0) is 11.3. The van der Waals surface area contributed by atoms with E-state index in [0.717, 1.165) is 6.42 Å². The van der Waals surface area contributed by atoms with Gasteiger partial charge in [0.25, 0.3) is 0 Å². The predicted octanol–water partition coefficient (Wildman–Crippen LogP) is 1.92. The molecule has 0 bridgehead atoms. The molecule has 0 saturated heterocycles. The minimum absolute atomic E-state index is 0.104. The molecule has 1 aromatic heterocycles. The number of nitrogens with two attached hydrogens (primary N) is 1. The molecule has 1 atom stereocenters. The maximum atomic E-state index is 11.2. The number of rotatable bonds is 5. The van der Waals surface area contributed by atoms with Gasteiger partial charge in [-0.05, 0) is 23.4 Å². The molecule has 0 aromatic carbocycles. The highest BCUT2D eigenvalue weighted by atomic mass is 32.1. The summed E-state index contributed by atoms with van der Waals surface area (Å²) >= 11 is 1.67. The lowest BCUT2D eigenvalue weighted by Crippen LogP contribution is -2.17. The highest BCUT2D eigenvalue weighted by Gasteiger charge is 2.18. The van der Waals surface area contributed by atoms with Crippen molar-refractivity contribution in [1.82, 2.24) is 0 Å². The third-order valence-corrected chi connectivity index (χ3v) is 3.58. The Balaban J connectivity index is 2.78. The summed E-state index contributed by atoms with van der Waals surface area (Å²) in [5.74, 6) is -0.0895. The number of carbonyl (C=O) groups is 1. The number of carbonyl (C=O) groups excluding carboxylic acids is 1. The van der Waals surface area contributed by atoms with E-state index in [2.05, 4.69) is 17.7 Å². The third kappa shape index (κ3) is 3.04. The number of hydrogen-bond acceptors (Lipinski definition) is 4. The second-order valence-corrected chi connectivity index (χ2v) is 4.32. The molecule has 4 heteroatoms. The summed E-state index contributed by atoms with van der Waals surface area (Å²) in [6.07, 6.45) is 1.36. The van der Waals surface area contributed by atoms with Crippen LogP contribution in [-0.2, 0) is 16.0 Å². The maximum Gasteiger partial charge on any atom is 0.306 e. The summed E-state index contributed by atoms with van der Waals surface area (Å²) in [7, 11) is 1.41. The Labute approximate surface area is 94.2 Å². The number of hydrogen-bond donors (Lipinski definition) is 1. The maximum absolute atomic E-state index is 11.2. The van der Waals surface area contributed by atoms with E-state index in [-0.39, 0.29) is 11.9 Å². The molecule has 0 aliphatic rings. The fraction of sp³-hybridized carbons (Fsp3) is 0.545. The smallest absolute Gasteiger partial charge is 0.306 e. The Bertz CT molecular complexity index is 322. The first-order valence-corrected chi connectivity index (χ1v) is 5.94. The largest absolute Gasteiger partial charge is 0.469 e. The lowest BCUT2D eigenvalue weighted by Gasteiger charge is -2.13. The molecule has 1 heterocycles. The topological polar surface area (TPSA) is 52.3 Å². The molecule has 0 saturated carbocycles. The van der Waals surface area contributed by atoms with Gasteiger partial charge in [0.2, 0.25) is 0 Å². The normalized spacial score (nSPS) is 12.5. The summed E-state index contributed by atoms with van der Waals surface area (Å²) in [6.45, 7) is 2.60. The van der Waals surface area contributed by atoms with Crippen molar-refractivity contribution in [2.24, 2.45) is 5.73 Å². The second-order valence-electron chi connectivity index (χ2n) is 3.38. The Morgan fingerprint density at radius 1 is 1.67 bits per heavy atom. The van der Waals surface area contributed by atoms with Crippen LogP contribution in [0, 0.1) is 0 Å². The number of methoxy groups -OCH3 is 1. The van der Waals surface area contributed by atoms with E-state index in [1.165, 1.54) is 17.6 Å². The van der Waals surface area contributed by atoms with E-state index in [0.29, 0.717) is 13.0 Å². The Morgan fingerprint density at radius 2 is 2.40 bits per heavy atom. The zero-order valence-electron chi connectivity index (χ0n) is 9.16. The molecule has 15 heavy (non-hydrogen) atoms. The molecule has 0 radical (unpaired) electrons. The van der Waals surface area contributed by atoms with Gasteiger partial charge in [-0.15, -0.1) is 11.3 Å². The van der Waals surface area contributed by atoms with Crippen molar-refractivity contribution in [3.63, 3.8) is 0 Å². The standard InChI is InChI=1S/C11H17NO2S/c1-3-8-4-5-15-11(8)9(7-12)6-10(13)14-2/h4-5,9H,3,6-7,12H2,1-2H3. The van der Waals surface area contributed by atoms with Crippen molar-refractivity contribution in [1.29, 1.82) is 0 Å². The third-order valence-electron chi connectivity index (χ3n) is 2.46. The molecule has 3 nitrogen and oxygen atoms in total. The number of thiophene rings is 1. The first kappa shape index (κ1) is 12.2. The Morgan fingerprint density at radius 3 is 2.93 bits per heavy atom. The monoisotopic (exact) mass is 227 g/mol. The van der Waals surface area contributed by atoms with E-state index in [1.807, 2.05) is 5.38 Å². The van der Waals surface area contributed by atoms with Crippen molar-refractivity contribution >= 4 is 17.3 Å². The van der Waals surface area contributed by atoms with Crippen LogP contribution in [0.2, 0.25) is 0 Å². The van der Waals surface area contributed by atoms with Crippen molar-refractivity contribution in [3.8, 4) is 0 Å². The summed E-state index contributed by atoms with van der Waals surface area (Å²) < 4.78 is 4.66. The molecular weight excluding hydrogens is 210 g/mol. The fourth-order valence-corrected chi connectivity index (χ4v) is 2.68. The van der Waals surface area contributed by atoms with Crippen molar-refractivity contribution in [2.45, 2.75) is 25.7 Å². The van der Waals surface area contributed by atoms with Crippen molar-refractivity contribution in [3.05, 3.63) is 21.9 Å². The minimum atomic E-state index is -0.194. The average molecular weight is 227 g/mol. The summed E-state index contributed by atoms with van der Waals surface area (Å²) in [5, 5.41) is 2.05. The lowest BCUT2D eigenvalue weighted by molar-refractivity contribution is -0.141. The van der Waals surface area contributed by atoms with Crippen molar-refractivity contribution in [2.75, 3.05) is 13.7 Å². The number of ether oxygens (including phenoxy) is 1. The molecule has 0 aliphatic heterocycles. The van der Waals surface area contributed by atoms with Crippen LogP contribution in [0.1, 0.15) is 29.7 Å². The second kappa shape index (κ2) is 5.88. The quantitative estimate of drug-likeness (QED) is 0.782. The van der Waals surface area contributed by atoms with Gasteiger partial charge in [-0.1, -0.05) is 6.92 Å². The highest BCUT2D eigenvalue weighted by Crippen LogP contribution is 2.28. The summed E-state index contributed by atoms with van der Waals surface area (Å²) in [5.41, 5.74) is 6.98. The van der Waals surface area contributed by atoms with Crippen LogP contribution in [0.15, 0.2) is 11.4 Å². The Hall–Kier alpha value is -0.870. The zero-order valence-corrected chi connectivity index (χ0v) is 9.97. The van der Waals surface area contributed by atoms with Crippen LogP contribution in [0.4, 0.5) is 0 Å².